The van der Waals surface area contributed by atoms with Crippen LogP contribution in [-0.2, 0) is 10.2 Å². The number of para-hydroxylation sites is 1. The van der Waals surface area contributed by atoms with Gasteiger partial charge in [-0.3, -0.25) is 5.32 Å². The lowest BCUT2D eigenvalue weighted by Crippen LogP contribution is -2.55. The molecule has 1 aliphatic rings. The van der Waals surface area contributed by atoms with Crippen molar-refractivity contribution in [2.75, 3.05) is 12.4 Å². The van der Waals surface area contributed by atoms with Crippen LogP contribution in [0, 0.1) is 13.8 Å². The van der Waals surface area contributed by atoms with Gasteiger partial charge >= 0.3 is 6.03 Å². The molecule has 0 unspecified atom stereocenters. The van der Waals surface area contributed by atoms with Crippen molar-refractivity contribution in [2.45, 2.75) is 51.4 Å². The van der Waals surface area contributed by atoms with E-state index in [1.807, 2.05) is 82.3 Å². The predicted molar refractivity (Wildman–Crippen MR) is 145 cm³/mol. The summed E-state index contributed by atoms with van der Waals surface area (Å²) in [7, 11) is 1.58. The van der Waals surface area contributed by atoms with Crippen LogP contribution in [0.25, 0.3) is 16.9 Å². The number of benzene rings is 2. The minimum Gasteiger partial charge on any atom is -0.388 e. The van der Waals surface area contributed by atoms with Crippen molar-refractivity contribution < 1.29 is 14.6 Å². The Bertz CT molecular complexity index is 1450. The molecule has 1 aliphatic carbocycles. The van der Waals surface area contributed by atoms with Gasteiger partial charge in [0.1, 0.15) is 23.4 Å². The van der Waals surface area contributed by atoms with Gasteiger partial charge in [-0.25, -0.2) is 19.4 Å². The van der Waals surface area contributed by atoms with E-state index >= 15 is 0 Å². The highest BCUT2D eigenvalue weighted by Gasteiger charge is 2.47. The number of hydrogen-bond acceptors (Lipinski definition) is 6. The molecule has 4 aromatic rings. The highest BCUT2D eigenvalue weighted by molar-refractivity contribution is 5.91. The summed E-state index contributed by atoms with van der Waals surface area (Å²) in [6, 6.07) is 16.3. The van der Waals surface area contributed by atoms with Crippen molar-refractivity contribution in [1.82, 2.24) is 25.1 Å². The summed E-state index contributed by atoms with van der Waals surface area (Å²) in [5, 5.41) is 22.1. The average molecular weight is 513 g/mol. The molecule has 0 saturated heterocycles. The Balaban J connectivity index is 1.50. The first-order chi connectivity index (χ1) is 18.2. The van der Waals surface area contributed by atoms with Crippen molar-refractivity contribution >= 4 is 11.8 Å². The van der Waals surface area contributed by atoms with E-state index in [4.69, 9.17) is 9.84 Å². The Morgan fingerprint density at radius 2 is 1.68 bits per heavy atom. The van der Waals surface area contributed by atoms with Gasteiger partial charge in [0, 0.05) is 36.0 Å². The molecule has 5 rings (SSSR count). The SMILES string of the molecule is CO[C@H]1[C@@H](O)[C@H](NC(=O)Nc2c(C)c(-c3cnc(C)nc3)nn2-c2ccccc2)c2ccccc2C1(C)C. The molecule has 0 radical (unpaired) electrons. The van der Waals surface area contributed by atoms with Crippen LogP contribution in [0.2, 0.25) is 0 Å². The third-order valence-electron chi connectivity index (χ3n) is 7.30. The maximum atomic E-state index is 13.5. The number of aromatic nitrogens is 4. The molecule has 2 aromatic heterocycles. The summed E-state index contributed by atoms with van der Waals surface area (Å²) in [6.07, 6.45) is 1.99. The van der Waals surface area contributed by atoms with Gasteiger partial charge in [0.2, 0.25) is 0 Å². The number of aliphatic hydroxyl groups is 1. The van der Waals surface area contributed by atoms with E-state index < -0.39 is 29.7 Å². The first kappa shape index (κ1) is 25.6. The number of nitrogens with zero attached hydrogens (tertiary/aromatic N) is 4. The molecule has 0 fully saturated rings. The fraction of sp³-hybridized carbons (Fsp3) is 0.310. The van der Waals surface area contributed by atoms with Gasteiger partial charge in [-0.2, -0.15) is 5.10 Å². The topological polar surface area (TPSA) is 114 Å². The third kappa shape index (κ3) is 4.44. The molecule has 2 aromatic carbocycles. The Morgan fingerprint density at radius 3 is 2.37 bits per heavy atom. The summed E-state index contributed by atoms with van der Waals surface area (Å²) in [5.74, 6) is 1.17. The highest BCUT2D eigenvalue weighted by Crippen LogP contribution is 2.43. The molecule has 2 heterocycles. The number of rotatable bonds is 5. The van der Waals surface area contributed by atoms with Gasteiger partial charge in [0.05, 0.1) is 17.8 Å². The summed E-state index contributed by atoms with van der Waals surface area (Å²) >= 11 is 0. The van der Waals surface area contributed by atoms with Crippen LogP contribution in [0.1, 0.15) is 42.4 Å². The van der Waals surface area contributed by atoms with Crippen LogP contribution < -0.4 is 10.6 Å². The fourth-order valence-corrected chi connectivity index (χ4v) is 5.36. The molecule has 3 N–H and O–H groups in total. The van der Waals surface area contributed by atoms with Gasteiger partial charge in [-0.15, -0.1) is 0 Å². The number of anilines is 1. The van der Waals surface area contributed by atoms with Crippen LogP contribution in [0.5, 0.6) is 0 Å². The van der Waals surface area contributed by atoms with Crippen LogP contribution >= 0.6 is 0 Å². The van der Waals surface area contributed by atoms with Crippen LogP contribution in [0.4, 0.5) is 10.6 Å². The highest BCUT2D eigenvalue weighted by atomic mass is 16.5. The van der Waals surface area contributed by atoms with Crippen LogP contribution in [0.3, 0.4) is 0 Å². The quantitative estimate of drug-likeness (QED) is 0.363. The monoisotopic (exact) mass is 512 g/mol. The number of hydrogen-bond donors (Lipinski definition) is 3. The zero-order valence-electron chi connectivity index (χ0n) is 22.1. The van der Waals surface area contributed by atoms with Crippen molar-refractivity contribution in [2.24, 2.45) is 0 Å². The Kier molecular flexibility index (Phi) is 6.73. The number of fused-ring (bicyclic) bond motifs is 1. The number of carbonyl (C=O) groups is 1. The molecule has 9 nitrogen and oxygen atoms in total. The molecular formula is C29H32N6O3. The fourth-order valence-electron chi connectivity index (χ4n) is 5.36. The van der Waals surface area contributed by atoms with Crippen molar-refractivity contribution in [1.29, 1.82) is 0 Å². The van der Waals surface area contributed by atoms with E-state index in [0.717, 1.165) is 27.9 Å². The predicted octanol–water partition coefficient (Wildman–Crippen LogP) is 4.48. The van der Waals surface area contributed by atoms with Gasteiger partial charge in [0.15, 0.2) is 0 Å². The normalized spacial score (nSPS) is 20.0. The van der Waals surface area contributed by atoms with Crippen LogP contribution in [-0.4, -0.2) is 50.2 Å². The van der Waals surface area contributed by atoms with Gasteiger partial charge in [-0.1, -0.05) is 56.3 Å². The molecular weight excluding hydrogens is 480 g/mol. The Hall–Kier alpha value is -4.08. The Labute approximate surface area is 221 Å². The molecule has 196 valence electrons. The van der Waals surface area contributed by atoms with Crippen LogP contribution in [0.15, 0.2) is 67.0 Å². The zero-order chi connectivity index (χ0) is 27.0. The molecule has 0 aliphatic heterocycles. The molecule has 0 bridgehead atoms. The number of aliphatic hydroxyl groups excluding tert-OH is 1. The second-order valence-corrected chi connectivity index (χ2v) is 10.1. The number of aryl methyl sites for hydroxylation is 1. The minimum absolute atomic E-state index is 0.438. The van der Waals surface area contributed by atoms with Crippen molar-refractivity contribution in [3.05, 3.63) is 89.5 Å². The molecule has 0 spiro atoms. The smallest absolute Gasteiger partial charge is 0.320 e. The molecule has 3 atom stereocenters. The van der Waals surface area contributed by atoms with E-state index in [2.05, 4.69) is 20.6 Å². The van der Waals surface area contributed by atoms with E-state index in [9.17, 15) is 9.90 Å². The van der Waals surface area contributed by atoms with Crippen molar-refractivity contribution in [3.8, 4) is 16.9 Å². The zero-order valence-corrected chi connectivity index (χ0v) is 22.1. The standard InChI is InChI=1S/C29H32N6O3/c1-17-23(19-15-30-18(2)31-16-19)34-35(20-11-7-6-8-12-20)27(17)33-28(37)32-24-21-13-9-10-14-22(21)29(3,4)26(38-5)25(24)36/h6-16,24-26,36H,1-5H3,(H2,32,33,37)/t24-,25+,26+/m1/s1. The maximum absolute atomic E-state index is 13.5. The summed E-state index contributed by atoms with van der Waals surface area (Å²) in [4.78, 5) is 22.1. The first-order valence-corrected chi connectivity index (χ1v) is 12.5. The first-order valence-electron chi connectivity index (χ1n) is 12.5. The Morgan fingerprint density at radius 1 is 1.03 bits per heavy atom. The largest absolute Gasteiger partial charge is 0.388 e. The van der Waals surface area contributed by atoms with Crippen molar-refractivity contribution in [3.63, 3.8) is 0 Å². The number of carbonyl (C=O) groups excluding carboxylic acids is 1. The maximum Gasteiger partial charge on any atom is 0.320 e. The third-order valence-corrected chi connectivity index (χ3v) is 7.30. The minimum atomic E-state index is -0.948. The second kappa shape index (κ2) is 10.00. The van der Waals surface area contributed by atoms with Gasteiger partial charge in [0.25, 0.3) is 0 Å². The molecule has 9 heteroatoms. The van der Waals surface area contributed by atoms with Gasteiger partial charge < -0.3 is 15.2 Å². The second-order valence-electron chi connectivity index (χ2n) is 10.1. The number of urea groups is 1. The molecule has 0 saturated carbocycles. The number of amides is 2. The van der Waals surface area contributed by atoms with E-state index in [1.165, 1.54) is 0 Å². The molecule has 38 heavy (non-hydrogen) atoms. The average Bonchev–Trinajstić information content (AvgIpc) is 3.23. The number of nitrogens with one attached hydrogen (secondary N) is 2. The summed E-state index contributed by atoms with van der Waals surface area (Å²) in [5.41, 5.74) is 4.40. The summed E-state index contributed by atoms with van der Waals surface area (Å²) < 4.78 is 7.41. The van der Waals surface area contributed by atoms with Gasteiger partial charge in [-0.05, 0) is 37.1 Å². The lowest BCUT2D eigenvalue weighted by atomic mass is 9.67. The lowest BCUT2D eigenvalue weighted by molar-refractivity contribution is -0.0730. The lowest BCUT2D eigenvalue weighted by Gasteiger charge is -2.46. The summed E-state index contributed by atoms with van der Waals surface area (Å²) in [6.45, 7) is 7.80. The van der Waals surface area contributed by atoms with E-state index in [0.29, 0.717) is 17.3 Å². The van der Waals surface area contributed by atoms with E-state index in [-0.39, 0.29) is 0 Å². The number of methoxy groups -OCH3 is 1. The molecule has 2 amide bonds. The van der Waals surface area contributed by atoms with E-state index in [1.54, 1.807) is 24.2 Å². The number of ether oxygens (including phenoxy) is 1.